The molecule has 2 heterocycles. The number of aromatic nitrogens is 1. The van der Waals surface area contributed by atoms with Crippen LogP contribution in [0.3, 0.4) is 0 Å². The molecule has 9 nitrogen and oxygen atoms in total. The van der Waals surface area contributed by atoms with Crippen molar-refractivity contribution in [2.24, 2.45) is 0 Å². The van der Waals surface area contributed by atoms with Gasteiger partial charge in [-0.15, -0.1) is 0 Å². The molecule has 4 aromatic rings. The number of amides is 1. The topological polar surface area (TPSA) is 117 Å². The van der Waals surface area contributed by atoms with Gasteiger partial charge in [-0.3, -0.25) is 9.78 Å². The molecule has 1 aliphatic rings. The van der Waals surface area contributed by atoms with Crippen LogP contribution in [0.15, 0.2) is 84.8 Å². The molecule has 1 aliphatic heterocycles. The Morgan fingerprint density at radius 2 is 1.82 bits per heavy atom. The lowest BCUT2D eigenvalue weighted by Gasteiger charge is -2.23. The molecule has 40 heavy (non-hydrogen) atoms. The van der Waals surface area contributed by atoms with E-state index in [1.807, 2.05) is 73.8 Å². The number of rotatable bonds is 8. The summed E-state index contributed by atoms with van der Waals surface area (Å²) in [5, 5.41) is 18.1. The second-order valence-electron chi connectivity index (χ2n) is 9.69. The van der Waals surface area contributed by atoms with E-state index in [9.17, 15) is 10.1 Å². The Hall–Kier alpha value is -4.78. The fourth-order valence-corrected chi connectivity index (χ4v) is 4.92. The molecule has 0 saturated heterocycles. The van der Waals surface area contributed by atoms with Crippen molar-refractivity contribution in [3.05, 3.63) is 112 Å². The van der Waals surface area contributed by atoms with Crippen molar-refractivity contribution in [2.75, 3.05) is 24.7 Å². The number of hydrazine groups is 2. The molecule has 0 fully saturated rings. The lowest BCUT2D eigenvalue weighted by atomic mass is 10.00. The number of hydrogen-bond donors (Lipinski definition) is 5. The Balaban J connectivity index is 1.57. The van der Waals surface area contributed by atoms with Gasteiger partial charge in [0.25, 0.3) is 5.91 Å². The fourth-order valence-electron chi connectivity index (χ4n) is 4.66. The van der Waals surface area contributed by atoms with Crippen molar-refractivity contribution in [2.45, 2.75) is 19.0 Å². The lowest BCUT2D eigenvalue weighted by Crippen LogP contribution is -2.34. The third-order valence-electron chi connectivity index (χ3n) is 6.71. The maximum Gasteiger partial charge on any atom is 0.253 e. The summed E-state index contributed by atoms with van der Waals surface area (Å²) in [6, 6.07) is 23.1. The molecule has 0 radical (unpaired) electrons. The maximum absolute atomic E-state index is 12.7. The predicted molar refractivity (Wildman–Crippen MR) is 158 cm³/mol. The molecule has 0 saturated carbocycles. The minimum Gasteiger partial charge on any atom is -0.377 e. The van der Waals surface area contributed by atoms with Gasteiger partial charge in [0, 0.05) is 49.2 Å². The van der Waals surface area contributed by atoms with Gasteiger partial charge >= 0.3 is 0 Å². The third kappa shape index (κ3) is 5.50. The first-order chi connectivity index (χ1) is 19.4. The molecule has 0 aliphatic carbocycles. The minimum atomic E-state index is -0.363. The van der Waals surface area contributed by atoms with Gasteiger partial charge in [-0.25, -0.2) is 0 Å². The summed E-state index contributed by atoms with van der Waals surface area (Å²) >= 11 is 6.76. The highest BCUT2D eigenvalue weighted by Crippen LogP contribution is 2.37. The summed E-state index contributed by atoms with van der Waals surface area (Å²) in [5.74, 6) is -0.0858. The molecule has 1 aromatic heterocycles. The van der Waals surface area contributed by atoms with Crippen LogP contribution in [-0.2, 0) is 0 Å². The first-order valence-electron chi connectivity index (χ1n) is 12.7. The van der Waals surface area contributed by atoms with Crippen molar-refractivity contribution < 1.29 is 4.79 Å². The average molecular weight is 553 g/mol. The maximum atomic E-state index is 12.7. The number of carbonyl (C=O) groups excluding carboxylic acids is 1. The summed E-state index contributed by atoms with van der Waals surface area (Å²) in [4.78, 5) is 18.7. The second-order valence-corrected chi connectivity index (χ2v) is 10.1. The number of carbonyl (C=O) groups is 1. The molecule has 10 heteroatoms. The quantitative estimate of drug-likeness (QED) is 0.201. The summed E-state index contributed by atoms with van der Waals surface area (Å²) in [7, 11) is 3.45. The van der Waals surface area contributed by atoms with E-state index in [0.717, 1.165) is 22.2 Å². The molecule has 2 atom stereocenters. The molecule has 0 spiro atoms. The average Bonchev–Trinajstić information content (AvgIpc) is 3.51. The number of benzene rings is 3. The van der Waals surface area contributed by atoms with Crippen LogP contribution in [0.5, 0.6) is 0 Å². The van der Waals surface area contributed by atoms with Crippen LogP contribution in [0.1, 0.15) is 46.1 Å². The molecule has 3 aromatic carbocycles. The monoisotopic (exact) mass is 552 g/mol. The third-order valence-corrected chi connectivity index (χ3v) is 7.00. The van der Waals surface area contributed by atoms with E-state index in [-0.39, 0.29) is 18.0 Å². The number of fused-ring (bicyclic) bond motifs is 1. The number of halogens is 1. The van der Waals surface area contributed by atoms with Gasteiger partial charge in [0.15, 0.2) is 0 Å². The van der Waals surface area contributed by atoms with Crippen molar-refractivity contribution in [3.8, 4) is 6.07 Å². The van der Waals surface area contributed by atoms with Crippen molar-refractivity contribution in [3.63, 3.8) is 0 Å². The van der Waals surface area contributed by atoms with Gasteiger partial charge in [0.2, 0.25) is 0 Å². The molecule has 0 bridgehead atoms. The first kappa shape index (κ1) is 26.8. The van der Waals surface area contributed by atoms with Crippen LogP contribution >= 0.6 is 11.6 Å². The van der Waals surface area contributed by atoms with E-state index < -0.39 is 0 Å². The zero-order valence-electron chi connectivity index (χ0n) is 22.3. The zero-order valence-corrected chi connectivity index (χ0v) is 23.0. The Bertz CT molecular complexity index is 1630. The molecule has 202 valence electrons. The van der Waals surface area contributed by atoms with Crippen LogP contribution in [0, 0.1) is 11.3 Å². The Labute approximate surface area is 237 Å². The molecule has 5 N–H and O–H groups in total. The van der Waals surface area contributed by atoms with Gasteiger partial charge in [-0.1, -0.05) is 54.1 Å². The van der Waals surface area contributed by atoms with Crippen molar-refractivity contribution in [1.82, 2.24) is 26.3 Å². The van der Waals surface area contributed by atoms with Crippen LogP contribution in [-0.4, -0.2) is 29.9 Å². The Kier molecular flexibility index (Phi) is 7.73. The summed E-state index contributed by atoms with van der Waals surface area (Å²) in [6.07, 6.45) is 3.35. The largest absolute Gasteiger partial charge is 0.377 e. The van der Waals surface area contributed by atoms with E-state index in [2.05, 4.69) is 38.1 Å². The zero-order chi connectivity index (χ0) is 28.2. The highest BCUT2D eigenvalue weighted by atomic mass is 35.5. The Morgan fingerprint density at radius 1 is 1.05 bits per heavy atom. The number of pyridine rings is 1. The van der Waals surface area contributed by atoms with Crippen LogP contribution < -0.4 is 27.0 Å². The standard InChI is InChI=1S/C30H29ClN8O/c1-18(19-8-5-4-6-9-19)35-27-22(15-32)16-33-29-24(27)13-23(14-25(29)31)36-28(26-17-34-38-37-26)20-10-7-11-21(12-20)30(40)39(2)3/h4-14,16-18,28,34,36-38H,1-3H3,(H,33,35)/t18-,28+/m1/s1. The molecule has 5 rings (SSSR count). The molecule has 1 amide bonds. The molecule has 0 unspecified atom stereocenters. The highest BCUT2D eigenvalue weighted by Gasteiger charge is 2.22. The van der Waals surface area contributed by atoms with E-state index >= 15 is 0 Å². The van der Waals surface area contributed by atoms with Crippen molar-refractivity contribution >= 4 is 39.8 Å². The number of nitrogens with one attached hydrogen (secondary N) is 5. The van der Waals surface area contributed by atoms with E-state index in [4.69, 9.17) is 11.6 Å². The highest BCUT2D eigenvalue weighted by molar-refractivity contribution is 6.35. The van der Waals surface area contributed by atoms with Crippen LogP contribution in [0.4, 0.5) is 11.4 Å². The first-order valence-corrected chi connectivity index (χ1v) is 13.1. The smallest absolute Gasteiger partial charge is 0.253 e. The molecular formula is C30H29ClN8O. The number of hydrogen-bond acceptors (Lipinski definition) is 8. The summed E-state index contributed by atoms with van der Waals surface area (Å²) in [5.41, 5.74) is 14.7. The van der Waals surface area contributed by atoms with Gasteiger partial charge in [0.1, 0.15) is 6.07 Å². The second kappa shape index (κ2) is 11.5. The SMILES string of the molecule is C[C@@H](Nc1c(C#N)cnc2c(Cl)cc(N[C@H](C3=CNNN3)c3cccc(C(=O)N(C)C)c3)cc12)c1ccccc1. The van der Waals surface area contributed by atoms with Crippen LogP contribution in [0.25, 0.3) is 10.9 Å². The Morgan fingerprint density at radius 3 is 2.52 bits per heavy atom. The minimum absolute atomic E-state index is 0.0657. The lowest BCUT2D eigenvalue weighted by molar-refractivity contribution is 0.0827. The summed E-state index contributed by atoms with van der Waals surface area (Å²) in [6.45, 7) is 2.04. The number of anilines is 2. The van der Waals surface area contributed by atoms with Gasteiger partial charge in [0.05, 0.1) is 33.5 Å². The van der Waals surface area contributed by atoms with Gasteiger partial charge < -0.3 is 26.4 Å². The predicted octanol–water partition coefficient (Wildman–Crippen LogP) is 5.24. The van der Waals surface area contributed by atoms with Crippen LogP contribution in [0.2, 0.25) is 5.02 Å². The van der Waals surface area contributed by atoms with Crippen molar-refractivity contribution in [1.29, 1.82) is 5.26 Å². The number of nitriles is 1. The fraction of sp³-hybridized carbons (Fsp3) is 0.167. The van der Waals surface area contributed by atoms with E-state index in [1.165, 1.54) is 0 Å². The van der Waals surface area contributed by atoms with Gasteiger partial charge in [-0.2, -0.15) is 10.8 Å². The van der Waals surface area contributed by atoms with E-state index in [1.54, 1.807) is 31.3 Å². The number of nitrogens with zero attached hydrogens (tertiary/aromatic N) is 3. The summed E-state index contributed by atoms with van der Waals surface area (Å²) < 4.78 is 0. The molecular weight excluding hydrogens is 524 g/mol. The normalized spacial score (nSPS) is 13.8. The van der Waals surface area contributed by atoms with Gasteiger partial charge in [-0.05, 0) is 42.3 Å². The van der Waals surface area contributed by atoms with E-state index in [0.29, 0.717) is 33.0 Å².